The number of ether oxygens (including phenoxy) is 1. The molecule has 1 atom stereocenters. The number of amidine groups is 1. The molecular weight excluding hydrogens is 444 g/mol. The molecule has 2 aliphatic heterocycles. The van der Waals surface area contributed by atoms with Crippen LogP contribution < -0.4 is 5.32 Å². The van der Waals surface area contributed by atoms with Gasteiger partial charge in [-0.3, -0.25) is 9.59 Å². The molecule has 33 heavy (non-hydrogen) atoms. The van der Waals surface area contributed by atoms with E-state index in [-0.39, 0.29) is 24.8 Å². The first kappa shape index (κ1) is 23.0. The Balaban J connectivity index is 1.26. The Hall–Kier alpha value is -3.14. The number of amides is 2. The van der Waals surface area contributed by atoms with Gasteiger partial charge in [-0.25, -0.2) is 4.79 Å². The molecule has 2 amide bonds. The van der Waals surface area contributed by atoms with Gasteiger partial charge < -0.3 is 19.5 Å². The van der Waals surface area contributed by atoms with E-state index in [1.54, 1.807) is 38.1 Å². The number of nitrogens with zero attached hydrogens (tertiary/aromatic N) is 3. The lowest BCUT2D eigenvalue weighted by molar-refractivity contribution is -0.121. The number of rotatable bonds is 6. The number of hydrogen-bond acceptors (Lipinski definition) is 8. The maximum absolute atomic E-state index is 12.5. The van der Waals surface area contributed by atoms with Crippen molar-refractivity contribution in [2.24, 2.45) is 4.99 Å². The molecule has 2 aliphatic rings. The third kappa shape index (κ3) is 5.62. The van der Waals surface area contributed by atoms with Crippen molar-refractivity contribution in [3.8, 4) is 0 Å². The molecule has 174 valence electrons. The van der Waals surface area contributed by atoms with Crippen molar-refractivity contribution in [3.63, 3.8) is 0 Å². The average Bonchev–Trinajstić information content (AvgIpc) is 3.34. The zero-order chi connectivity index (χ0) is 23.4. The first-order valence-corrected chi connectivity index (χ1v) is 11.8. The fourth-order valence-electron chi connectivity index (χ4n) is 3.73. The molecule has 0 aliphatic carbocycles. The summed E-state index contributed by atoms with van der Waals surface area (Å²) in [5.74, 6) is -0.397. The highest BCUT2D eigenvalue weighted by atomic mass is 32.2. The van der Waals surface area contributed by atoms with Crippen molar-refractivity contribution in [1.82, 2.24) is 10.1 Å². The number of benzene rings is 1. The molecule has 0 saturated carbocycles. The summed E-state index contributed by atoms with van der Waals surface area (Å²) in [7, 11) is 0. The van der Waals surface area contributed by atoms with Crippen molar-refractivity contribution >= 4 is 40.4 Å². The van der Waals surface area contributed by atoms with E-state index in [2.05, 4.69) is 20.4 Å². The minimum atomic E-state index is -0.500. The predicted molar refractivity (Wildman–Crippen MR) is 124 cm³/mol. The van der Waals surface area contributed by atoms with Crippen LogP contribution in [0.2, 0.25) is 0 Å². The molecule has 3 heterocycles. The number of aliphatic imine (C=N–C) groups is 1. The minimum absolute atomic E-state index is 0.0472. The predicted octanol–water partition coefficient (Wildman–Crippen LogP) is 3.46. The summed E-state index contributed by atoms with van der Waals surface area (Å²) in [6.45, 7) is 5.44. The van der Waals surface area contributed by atoms with Crippen LogP contribution >= 0.6 is 11.8 Å². The first-order valence-electron chi connectivity index (χ1n) is 10.9. The number of aromatic nitrogens is 1. The van der Waals surface area contributed by atoms with Crippen LogP contribution in [0.5, 0.6) is 0 Å². The Labute approximate surface area is 195 Å². The summed E-state index contributed by atoms with van der Waals surface area (Å²) >= 11 is 1.37. The fourth-order valence-corrected chi connectivity index (χ4v) is 4.85. The molecule has 1 fully saturated rings. The molecule has 0 bridgehead atoms. The topological polar surface area (TPSA) is 114 Å². The monoisotopic (exact) mass is 470 g/mol. The minimum Gasteiger partial charge on any atom is -0.457 e. The molecule has 0 spiro atoms. The van der Waals surface area contributed by atoms with Crippen molar-refractivity contribution in [3.05, 3.63) is 46.8 Å². The van der Waals surface area contributed by atoms with Crippen LogP contribution in [0, 0.1) is 13.8 Å². The molecule has 1 aromatic carbocycles. The number of likely N-dealkylation sites (tertiary alicyclic amines) is 1. The second-order valence-corrected chi connectivity index (χ2v) is 9.27. The maximum Gasteiger partial charge on any atom is 0.338 e. The zero-order valence-electron chi connectivity index (χ0n) is 18.6. The number of carbonyl (C=O) groups is 3. The number of hydrogen-bond donors (Lipinski definition) is 1. The lowest BCUT2D eigenvalue weighted by Crippen LogP contribution is -2.33. The first-order chi connectivity index (χ1) is 15.9. The number of anilines is 1. The molecule has 4 rings (SSSR count). The smallest absolute Gasteiger partial charge is 0.338 e. The van der Waals surface area contributed by atoms with E-state index >= 15 is 0 Å². The van der Waals surface area contributed by atoms with E-state index in [9.17, 15) is 14.4 Å². The van der Waals surface area contributed by atoms with Gasteiger partial charge in [-0.1, -0.05) is 16.9 Å². The second kappa shape index (κ2) is 10.2. The van der Waals surface area contributed by atoms with E-state index in [0.717, 1.165) is 36.7 Å². The molecule has 0 unspecified atom stereocenters. The van der Waals surface area contributed by atoms with Crippen LogP contribution in [0.25, 0.3) is 0 Å². The lowest BCUT2D eigenvalue weighted by atomic mass is 10.1. The Kier molecular flexibility index (Phi) is 7.12. The maximum atomic E-state index is 12.5. The molecule has 2 aromatic rings. The van der Waals surface area contributed by atoms with Gasteiger partial charge in [0, 0.05) is 25.2 Å². The molecule has 1 N–H and O–H groups in total. The van der Waals surface area contributed by atoms with Gasteiger partial charge >= 0.3 is 5.97 Å². The molecular formula is C23H26N4O5S. The summed E-state index contributed by atoms with van der Waals surface area (Å²) in [5.41, 5.74) is 2.33. The molecule has 0 radical (unpaired) electrons. The van der Waals surface area contributed by atoms with Gasteiger partial charge in [-0.15, -0.1) is 0 Å². The quantitative estimate of drug-likeness (QED) is 0.639. The van der Waals surface area contributed by atoms with Gasteiger partial charge in [-0.05, 0) is 57.4 Å². The van der Waals surface area contributed by atoms with Gasteiger partial charge in [0.05, 0.1) is 16.8 Å². The summed E-state index contributed by atoms with van der Waals surface area (Å²) in [6, 6.07) is 6.42. The number of nitrogens with one attached hydrogen (secondary N) is 1. The van der Waals surface area contributed by atoms with E-state index < -0.39 is 11.2 Å². The number of aryl methyl sites for hydroxylation is 2. The van der Waals surface area contributed by atoms with Crippen LogP contribution in [0.4, 0.5) is 5.69 Å². The summed E-state index contributed by atoms with van der Waals surface area (Å²) in [5, 5.41) is 6.85. The number of esters is 1. The van der Waals surface area contributed by atoms with Crippen LogP contribution in [0.3, 0.4) is 0 Å². The number of piperidine rings is 1. The SMILES string of the molecule is Cc1noc(C)c1COC(=O)c1ccc(NC(=O)C[C@@H]2SC(N3CCCCC3)=NC2=O)cc1. The van der Waals surface area contributed by atoms with Crippen molar-refractivity contribution < 1.29 is 23.6 Å². The van der Waals surface area contributed by atoms with E-state index in [1.165, 1.54) is 18.2 Å². The summed E-state index contributed by atoms with van der Waals surface area (Å²) < 4.78 is 10.4. The number of thioether (sulfide) groups is 1. The van der Waals surface area contributed by atoms with Crippen molar-refractivity contribution in [2.45, 2.75) is 51.4 Å². The lowest BCUT2D eigenvalue weighted by Gasteiger charge is -2.27. The molecule has 10 heteroatoms. The highest BCUT2D eigenvalue weighted by molar-refractivity contribution is 8.15. The zero-order valence-corrected chi connectivity index (χ0v) is 19.4. The van der Waals surface area contributed by atoms with Crippen LogP contribution in [-0.4, -0.2) is 51.3 Å². The standard InChI is InChI=1S/C23H26N4O5S/c1-14-18(15(2)32-26-14)13-31-22(30)16-6-8-17(9-7-16)24-20(28)12-19-21(29)25-23(33-19)27-10-4-3-5-11-27/h6-9,19H,3-5,10-13H2,1-2H3,(H,24,28)/t19-/m0/s1. The summed E-state index contributed by atoms with van der Waals surface area (Å²) in [6.07, 6.45) is 3.45. The Morgan fingerprint density at radius 2 is 1.91 bits per heavy atom. The van der Waals surface area contributed by atoms with Crippen LogP contribution in [0.1, 0.15) is 53.1 Å². The van der Waals surface area contributed by atoms with Crippen LogP contribution in [-0.2, 0) is 20.9 Å². The molecule has 9 nitrogen and oxygen atoms in total. The van der Waals surface area contributed by atoms with Crippen molar-refractivity contribution in [2.75, 3.05) is 18.4 Å². The second-order valence-electron chi connectivity index (χ2n) is 8.10. The highest BCUT2D eigenvalue weighted by Gasteiger charge is 2.33. The van der Waals surface area contributed by atoms with Crippen molar-refractivity contribution in [1.29, 1.82) is 0 Å². The average molecular weight is 471 g/mol. The van der Waals surface area contributed by atoms with E-state index in [1.807, 2.05) is 0 Å². The number of carbonyl (C=O) groups excluding carboxylic acids is 3. The third-order valence-electron chi connectivity index (χ3n) is 5.66. The summed E-state index contributed by atoms with van der Waals surface area (Å²) in [4.78, 5) is 43.3. The van der Waals surface area contributed by atoms with Gasteiger partial charge in [0.2, 0.25) is 5.91 Å². The van der Waals surface area contributed by atoms with E-state index in [4.69, 9.17) is 9.26 Å². The van der Waals surface area contributed by atoms with Gasteiger partial charge in [0.1, 0.15) is 17.6 Å². The normalized spacial score (nSPS) is 18.2. The molecule has 1 aromatic heterocycles. The highest BCUT2D eigenvalue weighted by Crippen LogP contribution is 2.29. The van der Waals surface area contributed by atoms with Gasteiger partial charge in [0.15, 0.2) is 5.17 Å². The van der Waals surface area contributed by atoms with Gasteiger partial charge in [0.25, 0.3) is 5.91 Å². The Morgan fingerprint density at radius 3 is 2.58 bits per heavy atom. The Bertz CT molecular complexity index is 1050. The third-order valence-corrected chi connectivity index (χ3v) is 6.87. The van der Waals surface area contributed by atoms with Crippen LogP contribution in [0.15, 0.2) is 33.8 Å². The largest absolute Gasteiger partial charge is 0.457 e. The van der Waals surface area contributed by atoms with Gasteiger partial charge in [-0.2, -0.15) is 4.99 Å². The van der Waals surface area contributed by atoms with E-state index in [0.29, 0.717) is 22.7 Å². The molecule has 1 saturated heterocycles. The Morgan fingerprint density at radius 1 is 1.18 bits per heavy atom. The fraction of sp³-hybridized carbons (Fsp3) is 0.435.